The van der Waals surface area contributed by atoms with Crippen molar-refractivity contribution in [3.8, 4) is 47.4 Å². The van der Waals surface area contributed by atoms with E-state index in [0.29, 0.717) is 19.3 Å². The predicted octanol–water partition coefficient (Wildman–Crippen LogP) is 4.01. The first-order valence-electron chi connectivity index (χ1n) is 7.82. The van der Waals surface area contributed by atoms with E-state index in [9.17, 15) is 4.79 Å². The van der Waals surface area contributed by atoms with E-state index in [1.54, 1.807) is 0 Å². The zero-order chi connectivity index (χ0) is 16.3. The van der Waals surface area contributed by atoms with Crippen LogP contribution < -0.4 is 0 Å². The van der Waals surface area contributed by atoms with Crippen LogP contribution >= 0.6 is 0 Å². The standard InChI is InChI=1S/C20H24O2/c1-2-3-4-5-6-7-8-9-10-11-12-13-14-15-16-17-18-19-20(21)22/h2-3,6,9,12,15-19H2,1H3,(H,21,22). The third kappa shape index (κ3) is 17.7. The molecule has 0 heterocycles. The van der Waals surface area contributed by atoms with Gasteiger partial charge in [0.1, 0.15) is 0 Å². The fraction of sp³-hybridized carbons (Fsp3) is 0.550. The molecule has 116 valence electrons. The van der Waals surface area contributed by atoms with Crippen LogP contribution in [0.15, 0.2) is 0 Å². The number of carboxylic acid groups (broad SMARTS) is 1. The monoisotopic (exact) mass is 296 g/mol. The number of rotatable bonds is 6. The number of hydrogen-bond acceptors (Lipinski definition) is 1. The molecular weight excluding hydrogens is 272 g/mol. The van der Waals surface area contributed by atoms with E-state index in [0.717, 1.165) is 38.5 Å². The highest BCUT2D eigenvalue weighted by molar-refractivity contribution is 5.66. The van der Waals surface area contributed by atoms with Gasteiger partial charge in [0.05, 0.1) is 19.3 Å². The summed E-state index contributed by atoms with van der Waals surface area (Å²) < 4.78 is 0. The lowest BCUT2D eigenvalue weighted by Crippen LogP contribution is -1.93. The molecule has 0 aliphatic carbocycles. The van der Waals surface area contributed by atoms with E-state index >= 15 is 0 Å². The van der Waals surface area contributed by atoms with Crippen LogP contribution in [0.5, 0.6) is 0 Å². The molecular formula is C20H24O2. The van der Waals surface area contributed by atoms with Gasteiger partial charge in [0, 0.05) is 19.3 Å². The van der Waals surface area contributed by atoms with E-state index in [4.69, 9.17) is 5.11 Å². The van der Waals surface area contributed by atoms with Gasteiger partial charge < -0.3 is 5.11 Å². The summed E-state index contributed by atoms with van der Waals surface area (Å²) in [5.41, 5.74) is 0. The molecule has 0 saturated carbocycles. The molecule has 0 aliphatic heterocycles. The molecule has 1 N–H and O–H groups in total. The van der Waals surface area contributed by atoms with Crippen LogP contribution in [0.4, 0.5) is 0 Å². The molecule has 22 heavy (non-hydrogen) atoms. The molecule has 2 heteroatoms. The van der Waals surface area contributed by atoms with Gasteiger partial charge in [-0.3, -0.25) is 4.79 Å². The highest BCUT2D eigenvalue weighted by Gasteiger charge is 1.94. The summed E-state index contributed by atoms with van der Waals surface area (Å²) in [6, 6.07) is 0. The minimum atomic E-state index is -0.725. The van der Waals surface area contributed by atoms with Crippen molar-refractivity contribution < 1.29 is 9.90 Å². The zero-order valence-electron chi connectivity index (χ0n) is 13.4. The minimum Gasteiger partial charge on any atom is -0.481 e. The molecule has 0 saturated heterocycles. The first-order valence-corrected chi connectivity index (χ1v) is 7.82. The number of unbranched alkanes of at least 4 members (excludes halogenated alkanes) is 4. The molecule has 0 atom stereocenters. The number of hydrogen-bond donors (Lipinski definition) is 1. The Labute approximate surface area is 135 Å². The highest BCUT2D eigenvalue weighted by atomic mass is 16.4. The van der Waals surface area contributed by atoms with Gasteiger partial charge in [0.15, 0.2) is 0 Å². The topological polar surface area (TPSA) is 37.3 Å². The first-order chi connectivity index (χ1) is 10.8. The van der Waals surface area contributed by atoms with Crippen molar-refractivity contribution in [3.05, 3.63) is 0 Å². The molecule has 0 aliphatic rings. The minimum absolute atomic E-state index is 0.254. The van der Waals surface area contributed by atoms with Gasteiger partial charge in [0.2, 0.25) is 0 Å². The van der Waals surface area contributed by atoms with Crippen LogP contribution in [-0.4, -0.2) is 11.1 Å². The van der Waals surface area contributed by atoms with Crippen molar-refractivity contribution in [1.82, 2.24) is 0 Å². The second kappa shape index (κ2) is 16.8. The zero-order valence-corrected chi connectivity index (χ0v) is 13.4. The second-order valence-corrected chi connectivity index (χ2v) is 4.65. The maximum absolute atomic E-state index is 10.3. The van der Waals surface area contributed by atoms with Crippen molar-refractivity contribution in [3.63, 3.8) is 0 Å². The highest BCUT2D eigenvalue weighted by Crippen LogP contribution is 2.01. The molecule has 0 radical (unpaired) electrons. The SMILES string of the molecule is CCCC#CCC#CCC#CCC#CCCCCCC(=O)O. The third-order valence-corrected chi connectivity index (χ3v) is 2.60. The fourth-order valence-corrected chi connectivity index (χ4v) is 1.48. The molecule has 0 spiro atoms. The summed E-state index contributed by atoms with van der Waals surface area (Å²) >= 11 is 0. The van der Waals surface area contributed by atoms with E-state index < -0.39 is 5.97 Å². The quantitative estimate of drug-likeness (QED) is 0.594. The maximum Gasteiger partial charge on any atom is 0.303 e. The second-order valence-electron chi connectivity index (χ2n) is 4.65. The van der Waals surface area contributed by atoms with Gasteiger partial charge in [-0.15, -0.1) is 11.8 Å². The lowest BCUT2D eigenvalue weighted by Gasteiger charge is -1.93. The Balaban J connectivity index is 3.53. The number of carbonyl (C=O) groups is 1. The Hall–Kier alpha value is -2.29. The van der Waals surface area contributed by atoms with Crippen LogP contribution in [0.25, 0.3) is 0 Å². The molecule has 0 fully saturated rings. The summed E-state index contributed by atoms with van der Waals surface area (Å²) in [5.74, 6) is 23.3. The average molecular weight is 296 g/mol. The van der Waals surface area contributed by atoms with E-state index in [1.165, 1.54) is 0 Å². The molecule has 0 aromatic carbocycles. The van der Waals surface area contributed by atoms with Crippen molar-refractivity contribution in [1.29, 1.82) is 0 Å². The summed E-state index contributed by atoms with van der Waals surface area (Å²) in [6.45, 7) is 2.11. The molecule has 0 amide bonds. The molecule has 0 aromatic rings. The van der Waals surface area contributed by atoms with Crippen molar-refractivity contribution in [2.24, 2.45) is 0 Å². The average Bonchev–Trinajstić information content (AvgIpc) is 2.50. The Morgan fingerprint density at radius 1 is 0.727 bits per heavy atom. The van der Waals surface area contributed by atoms with Gasteiger partial charge in [0.25, 0.3) is 0 Å². The number of aliphatic carboxylic acids is 1. The third-order valence-electron chi connectivity index (χ3n) is 2.60. The fourth-order valence-electron chi connectivity index (χ4n) is 1.48. The van der Waals surface area contributed by atoms with E-state index in [1.807, 2.05) is 0 Å². The van der Waals surface area contributed by atoms with Gasteiger partial charge in [-0.2, -0.15) is 0 Å². The lowest BCUT2D eigenvalue weighted by atomic mass is 10.1. The van der Waals surface area contributed by atoms with Crippen LogP contribution in [0.2, 0.25) is 0 Å². The van der Waals surface area contributed by atoms with Gasteiger partial charge in [-0.1, -0.05) is 48.9 Å². The van der Waals surface area contributed by atoms with Crippen molar-refractivity contribution in [2.75, 3.05) is 0 Å². The Kier molecular flexibility index (Phi) is 15.0. The summed E-state index contributed by atoms with van der Waals surface area (Å²) in [7, 11) is 0. The van der Waals surface area contributed by atoms with Gasteiger partial charge in [-0.05, 0) is 19.3 Å². The Morgan fingerprint density at radius 3 is 1.73 bits per heavy atom. The molecule has 0 rings (SSSR count). The smallest absolute Gasteiger partial charge is 0.303 e. The van der Waals surface area contributed by atoms with E-state index in [-0.39, 0.29) is 6.42 Å². The molecule has 0 bridgehead atoms. The van der Waals surface area contributed by atoms with Crippen LogP contribution in [0.3, 0.4) is 0 Å². The normalized spacial score (nSPS) is 8.05. The Morgan fingerprint density at radius 2 is 1.23 bits per heavy atom. The van der Waals surface area contributed by atoms with Crippen molar-refractivity contribution >= 4 is 5.97 Å². The van der Waals surface area contributed by atoms with Gasteiger partial charge >= 0.3 is 5.97 Å². The molecule has 0 aromatic heterocycles. The van der Waals surface area contributed by atoms with Gasteiger partial charge in [-0.25, -0.2) is 0 Å². The Bertz CT molecular complexity index is 541. The van der Waals surface area contributed by atoms with Crippen LogP contribution in [-0.2, 0) is 4.79 Å². The lowest BCUT2D eigenvalue weighted by molar-refractivity contribution is -0.137. The van der Waals surface area contributed by atoms with Crippen molar-refractivity contribution in [2.45, 2.75) is 71.1 Å². The summed E-state index contributed by atoms with van der Waals surface area (Å²) in [5, 5.41) is 8.48. The summed E-state index contributed by atoms with van der Waals surface area (Å²) in [4.78, 5) is 10.3. The predicted molar refractivity (Wildman–Crippen MR) is 90.6 cm³/mol. The first kappa shape index (κ1) is 19.7. The largest absolute Gasteiger partial charge is 0.481 e. The summed E-state index contributed by atoms with van der Waals surface area (Å²) in [6.07, 6.45) is 7.50. The number of carboxylic acids is 1. The molecule has 0 unspecified atom stereocenters. The van der Waals surface area contributed by atoms with Crippen LogP contribution in [0.1, 0.15) is 71.1 Å². The van der Waals surface area contributed by atoms with Crippen LogP contribution in [0, 0.1) is 47.4 Å². The van der Waals surface area contributed by atoms with E-state index in [2.05, 4.69) is 54.3 Å². The molecule has 2 nitrogen and oxygen atoms in total. The maximum atomic E-state index is 10.3.